The number of nitriles is 1. The molecule has 0 unspecified atom stereocenters. The summed E-state index contributed by atoms with van der Waals surface area (Å²) in [6.45, 7) is 5.48. The molecule has 0 N–H and O–H groups in total. The van der Waals surface area contributed by atoms with Crippen LogP contribution in [0.15, 0.2) is 47.2 Å². The Morgan fingerprint density at radius 3 is 1.93 bits per heavy atom. The summed E-state index contributed by atoms with van der Waals surface area (Å²) in [7, 11) is 0. The lowest BCUT2D eigenvalue weighted by Crippen LogP contribution is -2.30. The fraction of sp³-hybridized carbons (Fsp3) is 0.667. The molecule has 7 heteroatoms. The Balaban J connectivity index is 1.22. The highest BCUT2D eigenvalue weighted by molar-refractivity contribution is 5.94. The van der Waals surface area contributed by atoms with Crippen molar-refractivity contribution in [3.63, 3.8) is 0 Å². The number of likely N-dealkylation sites (tertiary alicyclic amines) is 1. The maximum Gasteiger partial charge on any atom is 0.349 e. The third-order valence-corrected chi connectivity index (χ3v) is 8.98. The van der Waals surface area contributed by atoms with E-state index in [0.29, 0.717) is 25.0 Å². The van der Waals surface area contributed by atoms with Crippen molar-refractivity contribution < 1.29 is 23.8 Å². The van der Waals surface area contributed by atoms with Crippen LogP contribution in [0, 0.1) is 11.3 Å². The Hall–Kier alpha value is -3.27. The molecule has 0 saturated carbocycles. The topological polar surface area (TPSA) is 88.9 Å². The van der Waals surface area contributed by atoms with E-state index in [1.807, 2.05) is 18.2 Å². The Labute approximate surface area is 278 Å². The summed E-state index contributed by atoms with van der Waals surface area (Å²) in [5, 5.41) is 9.68. The molecule has 1 aromatic carbocycles. The van der Waals surface area contributed by atoms with Crippen molar-refractivity contribution in [3.8, 4) is 11.8 Å². The van der Waals surface area contributed by atoms with E-state index >= 15 is 0 Å². The van der Waals surface area contributed by atoms with Crippen LogP contribution in [-0.2, 0) is 14.3 Å². The molecule has 3 rings (SSSR count). The van der Waals surface area contributed by atoms with Crippen LogP contribution in [0.3, 0.4) is 0 Å². The number of hydrogen-bond donors (Lipinski definition) is 0. The fourth-order valence-corrected chi connectivity index (χ4v) is 6.19. The van der Waals surface area contributed by atoms with Crippen LogP contribution in [0.4, 0.5) is 0 Å². The molecular formula is C39H58N2O5. The van der Waals surface area contributed by atoms with Crippen LogP contribution in [0.1, 0.15) is 146 Å². The van der Waals surface area contributed by atoms with Crippen LogP contribution in [0.25, 0.3) is 0 Å². The highest BCUT2D eigenvalue weighted by Crippen LogP contribution is 2.29. The van der Waals surface area contributed by atoms with E-state index in [2.05, 4.69) is 17.9 Å². The summed E-state index contributed by atoms with van der Waals surface area (Å²) in [5.41, 5.74) is 2.62. The van der Waals surface area contributed by atoms with Crippen molar-refractivity contribution in [1.82, 2.24) is 4.90 Å². The minimum Gasteiger partial charge on any atom is -0.494 e. The second-order valence-corrected chi connectivity index (χ2v) is 12.8. The molecule has 0 spiro atoms. The molecule has 0 amide bonds. The zero-order valence-electron chi connectivity index (χ0n) is 28.5. The summed E-state index contributed by atoms with van der Waals surface area (Å²) in [6, 6.07) is 9.17. The van der Waals surface area contributed by atoms with Crippen LogP contribution in [-0.4, -0.2) is 49.7 Å². The molecule has 2 aliphatic rings. The molecular weight excluding hydrogens is 576 g/mol. The van der Waals surface area contributed by atoms with Gasteiger partial charge in [-0.1, -0.05) is 77.6 Å². The predicted octanol–water partition coefficient (Wildman–Crippen LogP) is 9.62. The quantitative estimate of drug-likeness (QED) is 0.0543. The van der Waals surface area contributed by atoms with E-state index < -0.39 is 5.97 Å². The van der Waals surface area contributed by atoms with Gasteiger partial charge in [0.1, 0.15) is 17.4 Å². The summed E-state index contributed by atoms with van der Waals surface area (Å²) >= 11 is 0. The Morgan fingerprint density at radius 1 is 0.717 bits per heavy atom. The highest BCUT2D eigenvalue weighted by Gasteiger charge is 2.22. The van der Waals surface area contributed by atoms with Crippen LogP contribution in [0.5, 0.6) is 5.75 Å². The van der Waals surface area contributed by atoms with Gasteiger partial charge in [0.25, 0.3) is 0 Å². The summed E-state index contributed by atoms with van der Waals surface area (Å²) in [4.78, 5) is 27.5. The number of nitrogens with zero attached hydrogens (tertiary/aromatic N) is 2. The van der Waals surface area contributed by atoms with E-state index in [0.717, 1.165) is 50.1 Å². The van der Waals surface area contributed by atoms with Gasteiger partial charge in [0.2, 0.25) is 0 Å². The molecule has 1 fully saturated rings. The van der Waals surface area contributed by atoms with Gasteiger partial charge in [0.05, 0.1) is 25.4 Å². The summed E-state index contributed by atoms with van der Waals surface area (Å²) in [5.74, 6) is -0.180. The van der Waals surface area contributed by atoms with Gasteiger partial charge >= 0.3 is 11.9 Å². The lowest BCUT2D eigenvalue weighted by Gasteiger charge is -2.33. The van der Waals surface area contributed by atoms with Gasteiger partial charge in [-0.25, -0.2) is 9.59 Å². The molecule has 0 aromatic heterocycles. The van der Waals surface area contributed by atoms with Crippen molar-refractivity contribution >= 4 is 11.9 Å². The Bertz CT molecular complexity index is 1130. The molecule has 254 valence electrons. The van der Waals surface area contributed by atoms with E-state index in [-0.39, 0.29) is 24.8 Å². The van der Waals surface area contributed by atoms with Gasteiger partial charge in [-0.2, -0.15) is 5.26 Å². The number of esters is 2. The molecule has 7 nitrogen and oxygen atoms in total. The second kappa shape index (κ2) is 23.1. The van der Waals surface area contributed by atoms with Crippen LogP contribution < -0.4 is 4.74 Å². The number of rotatable bonds is 22. The zero-order valence-corrected chi connectivity index (χ0v) is 28.5. The monoisotopic (exact) mass is 634 g/mol. The maximum atomic E-state index is 12.7. The molecule has 46 heavy (non-hydrogen) atoms. The maximum absolute atomic E-state index is 12.7. The molecule has 0 bridgehead atoms. The van der Waals surface area contributed by atoms with E-state index in [1.54, 1.807) is 12.1 Å². The van der Waals surface area contributed by atoms with E-state index in [4.69, 9.17) is 14.2 Å². The highest BCUT2D eigenvalue weighted by atomic mass is 16.5. The van der Waals surface area contributed by atoms with Gasteiger partial charge in [0.15, 0.2) is 0 Å². The van der Waals surface area contributed by atoms with Crippen molar-refractivity contribution in [2.24, 2.45) is 0 Å². The van der Waals surface area contributed by atoms with Gasteiger partial charge in [-0.3, -0.25) is 0 Å². The lowest BCUT2D eigenvalue weighted by molar-refractivity contribution is -0.138. The SMILES string of the molecule is CCCCCCCCCCCCCCOc1ccc(C(=O)OCCCCOC(=O)/C(C#N)=C2\C=C(N3CCCCC3)CCC2)cc1. The minimum absolute atomic E-state index is 0.113. The first kappa shape index (κ1) is 37.2. The fourth-order valence-electron chi connectivity index (χ4n) is 6.19. The Morgan fingerprint density at radius 2 is 1.30 bits per heavy atom. The van der Waals surface area contributed by atoms with Gasteiger partial charge in [0, 0.05) is 18.8 Å². The lowest BCUT2D eigenvalue weighted by atomic mass is 9.94. The molecule has 1 aliphatic heterocycles. The number of carbonyl (C=O) groups is 2. The number of benzene rings is 1. The number of ether oxygens (including phenoxy) is 3. The van der Waals surface area contributed by atoms with Gasteiger partial charge < -0.3 is 19.1 Å². The van der Waals surface area contributed by atoms with E-state index in [1.165, 1.54) is 95.6 Å². The molecule has 1 heterocycles. The number of allylic oxidation sites excluding steroid dienone is 3. The third-order valence-electron chi connectivity index (χ3n) is 8.98. The molecule has 1 aromatic rings. The largest absolute Gasteiger partial charge is 0.494 e. The standard InChI is InChI=1S/C39H58N2O5/c1-2-3-4-5-6-7-8-9-10-11-12-16-28-44-36-24-22-33(23-25-36)38(42)45-29-17-18-30-46-39(43)37(32-40)34-20-19-21-35(31-34)41-26-14-13-15-27-41/h22-25,31H,2-21,26-30H2,1H3/b37-34-. The van der Waals surface area contributed by atoms with Crippen molar-refractivity contribution in [2.75, 3.05) is 32.9 Å². The van der Waals surface area contributed by atoms with Crippen molar-refractivity contribution in [2.45, 2.75) is 135 Å². The first-order valence-corrected chi connectivity index (χ1v) is 18.3. The number of carbonyl (C=O) groups excluding carboxylic acids is 2. The number of unbranched alkanes of at least 4 members (excludes halogenated alkanes) is 12. The predicted molar refractivity (Wildman–Crippen MR) is 183 cm³/mol. The zero-order chi connectivity index (χ0) is 32.7. The second-order valence-electron chi connectivity index (χ2n) is 12.8. The smallest absolute Gasteiger partial charge is 0.349 e. The Kier molecular flexibility index (Phi) is 18.7. The van der Waals surface area contributed by atoms with Crippen LogP contribution >= 0.6 is 0 Å². The van der Waals surface area contributed by atoms with Gasteiger partial charge in [-0.05, 0) is 93.7 Å². The van der Waals surface area contributed by atoms with Gasteiger partial charge in [-0.15, -0.1) is 0 Å². The van der Waals surface area contributed by atoms with Crippen molar-refractivity contribution in [1.29, 1.82) is 5.26 Å². The molecule has 1 saturated heterocycles. The average Bonchev–Trinajstić information content (AvgIpc) is 3.09. The normalized spacial score (nSPS) is 15.9. The molecule has 0 radical (unpaired) electrons. The number of piperidine rings is 1. The molecule has 1 aliphatic carbocycles. The van der Waals surface area contributed by atoms with Crippen molar-refractivity contribution in [3.05, 3.63) is 52.7 Å². The summed E-state index contributed by atoms with van der Waals surface area (Å²) in [6.07, 6.45) is 25.3. The average molecular weight is 635 g/mol. The molecule has 0 atom stereocenters. The number of hydrogen-bond acceptors (Lipinski definition) is 7. The van der Waals surface area contributed by atoms with Crippen LogP contribution in [0.2, 0.25) is 0 Å². The minimum atomic E-state index is -0.563. The summed E-state index contributed by atoms with van der Waals surface area (Å²) < 4.78 is 16.7. The first-order chi connectivity index (χ1) is 22.6. The van der Waals surface area contributed by atoms with E-state index in [9.17, 15) is 14.9 Å². The first-order valence-electron chi connectivity index (χ1n) is 18.3. The third kappa shape index (κ3) is 14.4.